The molecule has 1 atom stereocenters. The number of nitrogens with zero attached hydrogens (tertiary/aromatic N) is 1. The summed E-state index contributed by atoms with van der Waals surface area (Å²) in [6, 6.07) is 8.06. The number of hydrogen-bond donors (Lipinski definition) is 2. The van der Waals surface area contributed by atoms with Crippen molar-refractivity contribution in [2.24, 2.45) is 0 Å². The van der Waals surface area contributed by atoms with Crippen molar-refractivity contribution in [2.75, 3.05) is 13.1 Å². The third-order valence-electron chi connectivity index (χ3n) is 3.22. The molecule has 0 aliphatic carbocycles. The highest BCUT2D eigenvalue weighted by molar-refractivity contribution is 5.83. The number of benzene rings is 1. The standard InChI is InChI=1S/C15H18N2O3/c18-14(19)13(11-12-7-3-1-4-8-12)16-15(20)17-9-5-2-6-10-17/h1-5,7-8,13H,6,9-11H2,(H,16,20)(H,18,19)/t13-/m1/s1. The van der Waals surface area contributed by atoms with Crippen LogP contribution in [0.3, 0.4) is 0 Å². The molecule has 1 aromatic rings. The molecule has 2 amide bonds. The van der Waals surface area contributed by atoms with E-state index in [4.69, 9.17) is 0 Å². The Morgan fingerprint density at radius 3 is 2.60 bits per heavy atom. The Morgan fingerprint density at radius 1 is 1.25 bits per heavy atom. The van der Waals surface area contributed by atoms with Gasteiger partial charge in [-0.1, -0.05) is 42.5 Å². The summed E-state index contributed by atoms with van der Waals surface area (Å²) in [6.45, 7) is 1.16. The van der Waals surface area contributed by atoms with Gasteiger partial charge in [0.1, 0.15) is 6.04 Å². The number of carboxylic acids is 1. The lowest BCUT2D eigenvalue weighted by atomic mass is 10.1. The van der Waals surface area contributed by atoms with Crippen molar-refractivity contribution in [3.63, 3.8) is 0 Å². The summed E-state index contributed by atoms with van der Waals surface area (Å²) in [7, 11) is 0. The number of aliphatic carboxylic acids is 1. The highest BCUT2D eigenvalue weighted by Gasteiger charge is 2.23. The quantitative estimate of drug-likeness (QED) is 0.820. The van der Waals surface area contributed by atoms with Crippen LogP contribution in [0.2, 0.25) is 0 Å². The van der Waals surface area contributed by atoms with Crippen LogP contribution in [-0.4, -0.2) is 41.1 Å². The van der Waals surface area contributed by atoms with Gasteiger partial charge in [0, 0.05) is 19.5 Å². The summed E-state index contributed by atoms with van der Waals surface area (Å²) in [5, 5.41) is 11.8. The summed E-state index contributed by atoms with van der Waals surface area (Å²) in [6.07, 6.45) is 5.02. The van der Waals surface area contributed by atoms with Crippen LogP contribution in [0.4, 0.5) is 4.79 Å². The molecule has 0 fully saturated rings. The zero-order chi connectivity index (χ0) is 14.4. The first-order valence-corrected chi connectivity index (χ1v) is 6.64. The Morgan fingerprint density at radius 2 is 2.00 bits per heavy atom. The molecule has 0 unspecified atom stereocenters. The lowest BCUT2D eigenvalue weighted by Gasteiger charge is -2.25. The molecule has 0 saturated heterocycles. The summed E-state index contributed by atoms with van der Waals surface area (Å²) in [4.78, 5) is 24.9. The number of hydrogen-bond acceptors (Lipinski definition) is 2. The number of rotatable bonds is 4. The summed E-state index contributed by atoms with van der Waals surface area (Å²) in [5.41, 5.74) is 0.888. The Balaban J connectivity index is 1.97. The van der Waals surface area contributed by atoms with E-state index < -0.39 is 12.0 Å². The fraction of sp³-hybridized carbons (Fsp3) is 0.333. The second-order valence-electron chi connectivity index (χ2n) is 4.74. The molecule has 2 rings (SSSR count). The third-order valence-corrected chi connectivity index (χ3v) is 3.22. The van der Waals surface area contributed by atoms with Crippen LogP contribution < -0.4 is 5.32 Å². The van der Waals surface area contributed by atoms with Crippen molar-refractivity contribution in [1.82, 2.24) is 10.2 Å². The van der Waals surface area contributed by atoms with Gasteiger partial charge in [-0.25, -0.2) is 9.59 Å². The fourth-order valence-corrected chi connectivity index (χ4v) is 2.12. The van der Waals surface area contributed by atoms with E-state index in [0.717, 1.165) is 12.0 Å². The Hall–Kier alpha value is -2.30. The first kappa shape index (κ1) is 14.1. The molecule has 106 valence electrons. The molecule has 1 aliphatic rings. The zero-order valence-corrected chi connectivity index (χ0v) is 11.2. The average Bonchev–Trinajstić information content (AvgIpc) is 2.48. The minimum atomic E-state index is -1.02. The second-order valence-corrected chi connectivity index (χ2v) is 4.74. The van der Waals surface area contributed by atoms with E-state index in [9.17, 15) is 14.7 Å². The normalized spacial score (nSPS) is 15.7. The van der Waals surface area contributed by atoms with Gasteiger partial charge in [-0.3, -0.25) is 0 Å². The van der Waals surface area contributed by atoms with Crippen LogP contribution >= 0.6 is 0 Å². The summed E-state index contributed by atoms with van der Waals surface area (Å²) >= 11 is 0. The van der Waals surface area contributed by atoms with Crippen LogP contribution in [0.25, 0.3) is 0 Å². The zero-order valence-electron chi connectivity index (χ0n) is 11.2. The van der Waals surface area contributed by atoms with E-state index in [1.54, 1.807) is 4.90 Å². The van der Waals surface area contributed by atoms with Crippen LogP contribution in [0.15, 0.2) is 42.5 Å². The minimum Gasteiger partial charge on any atom is -0.480 e. The van der Waals surface area contributed by atoms with Gasteiger partial charge in [0.25, 0.3) is 0 Å². The molecule has 0 radical (unpaired) electrons. The van der Waals surface area contributed by atoms with Crippen molar-refractivity contribution >= 4 is 12.0 Å². The lowest BCUT2D eigenvalue weighted by molar-refractivity contribution is -0.139. The van der Waals surface area contributed by atoms with Crippen LogP contribution in [0.1, 0.15) is 12.0 Å². The predicted octanol–water partition coefficient (Wildman–Crippen LogP) is 1.65. The van der Waals surface area contributed by atoms with E-state index in [2.05, 4.69) is 5.32 Å². The number of amides is 2. The maximum absolute atomic E-state index is 12.0. The SMILES string of the molecule is O=C(O)[C@@H](Cc1ccccc1)NC(=O)N1CC=CCC1. The lowest BCUT2D eigenvalue weighted by Crippen LogP contribution is -2.49. The molecule has 0 saturated carbocycles. The average molecular weight is 274 g/mol. The molecular weight excluding hydrogens is 256 g/mol. The highest BCUT2D eigenvalue weighted by Crippen LogP contribution is 2.06. The minimum absolute atomic E-state index is 0.283. The molecular formula is C15H18N2O3. The van der Waals surface area contributed by atoms with Crippen LogP contribution in [0.5, 0.6) is 0 Å². The molecule has 5 nitrogen and oxygen atoms in total. The van der Waals surface area contributed by atoms with Crippen LogP contribution in [0, 0.1) is 0 Å². The molecule has 0 aromatic heterocycles. The van der Waals surface area contributed by atoms with E-state index in [-0.39, 0.29) is 12.5 Å². The van der Waals surface area contributed by atoms with Gasteiger partial charge < -0.3 is 15.3 Å². The molecule has 0 bridgehead atoms. The number of urea groups is 1. The van der Waals surface area contributed by atoms with E-state index in [1.165, 1.54) is 0 Å². The Bertz CT molecular complexity index is 499. The molecule has 2 N–H and O–H groups in total. The van der Waals surface area contributed by atoms with Gasteiger partial charge in [-0.2, -0.15) is 0 Å². The van der Waals surface area contributed by atoms with Gasteiger partial charge in [0.2, 0.25) is 0 Å². The largest absolute Gasteiger partial charge is 0.480 e. The molecule has 1 aliphatic heterocycles. The van der Waals surface area contributed by atoms with Crippen molar-refractivity contribution in [3.05, 3.63) is 48.0 Å². The predicted molar refractivity (Wildman–Crippen MR) is 75.4 cm³/mol. The van der Waals surface area contributed by atoms with E-state index >= 15 is 0 Å². The van der Waals surface area contributed by atoms with Crippen LogP contribution in [-0.2, 0) is 11.2 Å². The summed E-state index contributed by atoms with van der Waals surface area (Å²) < 4.78 is 0. The Labute approximate surface area is 117 Å². The van der Waals surface area contributed by atoms with E-state index in [0.29, 0.717) is 13.1 Å². The fourth-order valence-electron chi connectivity index (χ4n) is 2.12. The van der Waals surface area contributed by atoms with Gasteiger partial charge in [0.05, 0.1) is 0 Å². The molecule has 1 aromatic carbocycles. The number of nitrogens with one attached hydrogen (secondary N) is 1. The van der Waals surface area contributed by atoms with E-state index in [1.807, 2.05) is 42.5 Å². The first-order chi connectivity index (χ1) is 9.66. The van der Waals surface area contributed by atoms with Crippen molar-refractivity contribution in [2.45, 2.75) is 18.9 Å². The molecule has 5 heteroatoms. The van der Waals surface area contributed by atoms with Gasteiger partial charge >= 0.3 is 12.0 Å². The number of carboxylic acid groups (broad SMARTS) is 1. The maximum atomic E-state index is 12.0. The van der Waals surface area contributed by atoms with Crippen molar-refractivity contribution in [1.29, 1.82) is 0 Å². The highest BCUT2D eigenvalue weighted by atomic mass is 16.4. The van der Waals surface area contributed by atoms with Crippen molar-refractivity contribution in [3.8, 4) is 0 Å². The number of carbonyl (C=O) groups is 2. The topological polar surface area (TPSA) is 69.6 Å². The molecule has 1 heterocycles. The molecule has 0 spiro atoms. The third kappa shape index (κ3) is 3.85. The maximum Gasteiger partial charge on any atom is 0.326 e. The summed E-state index contributed by atoms with van der Waals surface area (Å²) in [5.74, 6) is -1.02. The Kier molecular flexibility index (Phi) is 4.76. The smallest absolute Gasteiger partial charge is 0.326 e. The first-order valence-electron chi connectivity index (χ1n) is 6.64. The van der Waals surface area contributed by atoms with Gasteiger partial charge in [0.15, 0.2) is 0 Å². The second kappa shape index (κ2) is 6.75. The van der Waals surface area contributed by atoms with Crippen molar-refractivity contribution < 1.29 is 14.7 Å². The monoisotopic (exact) mass is 274 g/mol. The van der Waals surface area contributed by atoms with Gasteiger partial charge in [-0.05, 0) is 12.0 Å². The van der Waals surface area contributed by atoms with Gasteiger partial charge in [-0.15, -0.1) is 0 Å². The molecule has 20 heavy (non-hydrogen) atoms. The number of carbonyl (C=O) groups excluding carboxylic acids is 1.